The van der Waals surface area contributed by atoms with Gasteiger partial charge in [0.1, 0.15) is 12.1 Å². The molecule has 1 heterocycles. The number of ketones is 1. The van der Waals surface area contributed by atoms with Crippen molar-refractivity contribution in [3.05, 3.63) is 0 Å². The lowest BCUT2D eigenvalue weighted by Gasteiger charge is -2.35. The first-order valence-corrected chi connectivity index (χ1v) is 13.6. The van der Waals surface area contributed by atoms with Crippen LogP contribution in [-0.2, 0) is 24.0 Å². The van der Waals surface area contributed by atoms with Crippen molar-refractivity contribution < 1.29 is 24.0 Å². The molecular weight excluding hydrogens is 460 g/mol. The van der Waals surface area contributed by atoms with Gasteiger partial charge in [-0.25, -0.2) is 0 Å². The molecule has 4 aliphatic rings. The molecule has 3 N–H and O–H groups in total. The number of fused-ring (bicyclic) bond motifs is 1. The molecule has 1 saturated heterocycles. The average molecular weight is 503 g/mol. The third kappa shape index (κ3) is 5.44. The van der Waals surface area contributed by atoms with Crippen molar-refractivity contribution in [2.75, 3.05) is 6.54 Å². The van der Waals surface area contributed by atoms with Crippen molar-refractivity contribution in [2.24, 2.45) is 35.0 Å². The molecule has 0 aromatic rings. The number of amides is 4. The Kier molecular flexibility index (Phi) is 7.23. The van der Waals surface area contributed by atoms with Crippen molar-refractivity contribution >= 4 is 29.4 Å². The Morgan fingerprint density at radius 3 is 2.11 bits per heavy atom. The summed E-state index contributed by atoms with van der Waals surface area (Å²) in [6.45, 7) is 11.9. The summed E-state index contributed by atoms with van der Waals surface area (Å²) in [6.07, 6.45) is 4.17. The van der Waals surface area contributed by atoms with E-state index in [-0.39, 0.29) is 52.8 Å². The van der Waals surface area contributed by atoms with Gasteiger partial charge in [-0.15, -0.1) is 0 Å². The lowest BCUT2D eigenvalue weighted by atomic mass is 9.96. The fraction of sp³-hybridized carbons (Fsp3) is 0.815. The molecule has 0 aromatic carbocycles. The molecule has 1 aliphatic heterocycles. The van der Waals surface area contributed by atoms with E-state index in [0.29, 0.717) is 18.9 Å². The van der Waals surface area contributed by atoms with Gasteiger partial charge >= 0.3 is 0 Å². The van der Waals surface area contributed by atoms with E-state index in [1.165, 1.54) is 0 Å². The molecule has 200 valence electrons. The van der Waals surface area contributed by atoms with E-state index in [1.807, 2.05) is 13.8 Å². The summed E-state index contributed by atoms with van der Waals surface area (Å²) in [5.74, 6) is -2.01. The second kappa shape index (κ2) is 9.78. The van der Waals surface area contributed by atoms with Gasteiger partial charge in [-0.1, -0.05) is 54.4 Å². The summed E-state index contributed by atoms with van der Waals surface area (Å²) in [4.78, 5) is 66.9. The second-order valence-corrected chi connectivity index (χ2v) is 12.6. The van der Waals surface area contributed by atoms with Gasteiger partial charge in [-0.05, 0) is 48.3 Å². The lowest BCUT2D eigenvalue weighted by Crippen LogP contribution is -2.59. The highest BCUT2D eigenvalue weighted by molar-refractivity contribution is 6.38. The highest BCUT2D eigenvalue weighted by atomic mass is 16.2. The molecule has 9 heteroatoms. The Labute approximate surface area is 213 Å². The number of hydrogen-bond acceptors (Lipinski definition) is 5. The molecule has 0 spiro atoms. The van der Waals surface area contributed by atoms with Crippen molar-refractivity contribution in [3.63, 3.8) is 0 Å². The second-order valence-electron chi connectivity index (χ2n) is 12.6. The third-order valence-electron chi connectivity index (χ3n) is 8.55. The van der Waals surface area contributed by atoms with Gasteiger partial charge in [0.15, 0.2) is 0 Å². The summed E-state index contributed by atoms with van der Waals surface area (Å²) in [6, 6.07) is -2.29. The topological polar surface area (TPSA) is 125 Å². The number of hydrogen-bond donors (Lipinski definition) is 3. The van der Waals surface area contributed by atoms with E-state index < -0.39 is 29.8 Å². The van der Waals surface area contributed by atoms with E-state index >= 15 is 0 Å². The fourth-order valence-electron chi connectivity index (χ4n) is 5.64. The number of nitrogens with zero attached hydrogens (tertiary/aromatic N) is 1. The number of carbonyl (C=O) groups is 5. The smallest absolute Gasteiger partial charge is 0.289 e. The van der Waals surface area contributed by atoms with Gasteiger partial charge in [0.05, 0.1) is 6.04 Å². The molecule has 4 amide bonds. The van der Waals surface area contributed by atoms with Crippen molar-refractivity contribution in [1.29, 1.82) is 0 Å². The van der Waals surface area contributed by atoms with E-state index in [2.05, 4.69) is 29.8 Å². The Bertz CT molecular complexity index is 936. The molecule has 0 bridgehead atoms. The van der Waals surface area contributed by atoms with Crippen LogP contribution in [0.5, 0.6) is 0 Å². The molecule has 4 fully saturated rings. The van der Waals surface area contributed by atoms with Crippen LogP contribution in [0.3, 0.4) is 0 Å². The van der Waals surface area contributed by atoms with Crippen LogP contribution in [0.4, 0.5) is 0 Å². The number of piperidine rings is 1. The summed E-state index contributed by atoms with van der Waals surface area (Å²) >= 11 is 0. The Balaban J connectivity index is 1.51. The van der Waals surface area contributed by atoms with Gasteiger partial charge in [0.2, 0.25) is 23.5 Å². The average Bonchev–Trinajstić information content (AvgIpc) is 3.75. The largest absolute Gasteiger partial charge is 0.347 e. The van der Waals surface area contributed by atoms with Crippen LogP contribution in [-0.4, -0.2) is 65.0 Å². The first-order chi connectivity index (χ1) is 16.8. The first kappa shape index (κ1) is 26.6. The van der Waals surface area contributed by atoms with Crippen LogP contribution in [0.25, 0.3) is 0 Å². The number of Topliss-reactive ketones (excluding diaryl/α,β-unsaturated/α-hetero) is 1. The SMILES string of the molecule is CC(C)C(=O)N[C@H](C(=O)N1C[C@H]2[C@@H]([C@H]1C(=O)NC(CC1CC1)C(=O)C(=O)NC1CC1)C2(C)C)C(C)C. The zero-order valence-electron chi connectivity index (χ0n) is 22.4. The van der Waals surface area contributed by atoms with Crippen LogP contribution in [0.2, 0.25) is 0 Å². The molecule has 1 unspecified atom stereocenters. The molecule has 4 rings (SSSR count). The maximum absolute atomic E-state index is 13.7. The maximum atomic E-state index is 13.7. The Morgan fingerprint density at radius 1 is 0.944 bits per heavy atom. The summed E-state index contributed by atoms with van der Waals surface area (Å²) < 4.78 is 0. The van der Waals surface area contributed by atoms with Crippen molar-refractivity contribution in [2.45, 2.75) is 97.8 Å². The van der Waals surface area contributed by atoms with Gasteiger partial charge in [-0.2, -0.15) is 0 Å². The Morgan fingerprint density at radius 2 is 1.58 bits per heavy atom. The fourth-order valence-corrected chi connectivity index (χ4v) is 5.64. The van der Waals surface area contributed by atoms with Gasteiger partial charge < -0.3 is 20.9 Å². The molecule has 9 nitrogen and oxygen atoms in total. The van der Waals surface area contributed by atoms with E-state index in [9.17, 15) is 24.0 Å². The van der Waals surface area contributed by atoms with Crippen LogP contribution in [0, 0.1) is 35.0 Å². The Hall–Kier alpha value is -2.45. The van der Waals surface area contributed by atoms with Crippen molar-refractivity contribution in [3.8, 4) is 0 Å². The minimum Gasteiger partial charge on any atom is -0.347 e. The molecule has 3 aliphatic carbocycles. The molecule has 5 atom stereocenters. The van der Waals surface area contributed by atoms with E-state index in [1.54, 1.807) is 18.7 Å². The molecule has 36 heavy (non-hydrogen) atoms. The molecule has 0 aromatic heterocycles. The van der Waals surface area contributed by atoms with Crippen LogP contribution in [0.1, 0.15) is 73.6 Å². The number of rotatable bonds is 11. The number of likely N-dealkylation sites (tertiary alicyclic amines) is 1. The molecule has 3 saturated carbocycles. The lowest BCUT2D eigenvalue weighted by molar-refractivity contribution is -0.145. The normalized spacial score (nSPS) is 27.8. The zero-order valence-corrected chi connectivity index (χ0v) is 22.4. The van der Waals surface area contributed by atoms with Gasteiger partial charge in [-0.3, -0.25) is 24.0 Å². The van der Waals surface area contributed by atoms with Crippen LogP contribution in [0.15, 0.2) is 0 Å². The van der Waals surface area contributed by atoms with E-state index in [0.717, 1.165) is 25.7 Å². The molecular formula is C27H42N4O5. The zero-order chi connectivity index (χ0) is 26.5. The highest BCUT2D eigenvalue weighted by Gasteiger charge is 2.69. The predicted octanol–water partition coefficient (Wildman–Crippen LogP) is 1.40. The van der Waals surface area contributed by atoms with Gasteiger partial charge in [0, 0.05) is 18.5 Å². The summed E-state index contributed by atoms with van der Waals surface area (Å²) in [5.41, 5.74) is -0.0906. The minimum absolute atomic E-state index is 0.0213. The highest BCUT2D eigenvalue weighted by Crippen LogP contribution is 2.65. The first-order valence-electron chi connectivity index (χ1n) is 13.6. The van der Waals surface area contributed by atoms with Gasteiger partial charge in [0.25, 0.3) is 5.91 Å². The quantitative estimate of drug-likeness (QED) is 0.369. The number of nitrogens with one attached hydrogen (secondary N) is 3. The maximum Gasteiger partial charge on any atom is 0.289 e. The third-order valence-corrected chi connectivity index (χ3v) is 8.55. The number of carbonyl (C=O) groups excluding carboxylic acids is 5. The molecule has 0 radical (unpaired) electrons. The van der Waals surface area contributed by atoms with Crippen molar-refractivity contribution in [1.82, 2.24) is 20.9 Å². The van der Waals surface area contributed by atoms with E-state index in [4.69, 9.17) is 0 Å². The summed E-state index contributed by atoms with van der Waals surface area (Å²) in [7, 11) is 0. The standard InChI is InChI=1S/C27H42N4O5/c1-13(2)20(30-23(33)14(3)4)26(36)31-12-17-19(27(17,5)6)21(31)24(34)29-18(11-15-7-8-15)22(32)25(35)28-16-9-10-16/h13-21H,7-12H2,1-6H3,(H,28,35)(H,29,34)(H,30,33)/t17-,18?,19-,20-,21-/m0/s1. The summed E-state index contributed by atoms with van der Waals surface area (Å²) in [5, 5.41) is 8.48. The minimum atomic E-state index is -0.886. The monoisotopic (exact) mass is 502 g/mol. The predicted molar refractivity (Wildman–Crippen MR) is 133 cm³/mol. The van der Waals surface area contributed by atoms with Crippen LogP contribution < -0.4 is 16.0 Å². The van der Waals surface area contributed by atoms with Crippen LogP contribution >= 0.6 is 0 Å².